The lowest BCUT2D eigenvalue weighted by atomic mass is 9.79. The Labute approximate surface area is 240 Å². The number of hydrogen-bond donors (Lipinski definition) is 3. The molecule has 0 aromatic carbocycles. The molecule has 11 nitrogen and oxygen atoms in total. The summed E-state index contributed by atoms with van der Waals surface area (Å²) in [5, 5.41) is 14.0. The van der Waals surface area contributed by atoms with Crippen LogP contribution >= 0.6 is 0 Å². The quantitative estimate of drug-likeness (QED) is 0.189. The Morgan fingerprint density at radius 2 is 2.00 bits per heavy atom. The highest BCUT2D eigenvalue weighted by Gasteiger charge is 2.33. The second-order valence-corrected chi connectivity index (χ2v) is 11.6. The van der Waals surface area contributed by atoms with Gasteiger partial charge in [0.05, 0.1) is 53.9 Å². The standard InChI is InChI=1S/C30H38N8O3/c1-19-26(14-22(16-32-19)34-27(39)8-4-6-21-7-5-12-30(21,2)3)35-29(40)28(36-31)25-10-9-20(15-33-25)24-11-13-38(37-24)23-17-41-18-23/h9-11,13-16,21,23H,4-8,12,17-18,31H2,1-3H3,(H,34,39)(H,35,40). The lowest BCUT2D eigenvalue weighted by Gasteiger charge is -2.26. The number of carbonyl (C=O) groups excluding carboxylic acids is 2. The summed E-state index contributed by atoms with van der Waals surface area (Å²) in [5.41, 5.74) is 3.78. The third-order valence-corrected chi connectivity index (χ3v) is 8.30. The first-order valence-electron chi connectivity index (χ1n) is 14.2. The van der Waals surface area contributed by atoms with E-state index in [0.717, 1.165) is 24.1 Å². The molecule has 11 heteroatoms. The minimum atomic E-state index is -0.533. The van der Waals surface area contributed by atoms with Crippen molar-refractivity contribution >= 4 is 28.9 Å². The van der Waals surface area contributed by atoms with Gasteiger partial charge in [0.1, 0.15) is 0 Å². The topological polar surface area (TPSA) is 149 Å². The molecule has 3 aromatic heterocycles. The second-order valence-electron chi connectivity index (χ2n) is 11.6. The molecule has 1 atom stereocenters. The maximum atomic E-state index is 13.1. The number of anilines is 2. The Kier molecular flexibility index (Phi) is 8.44. The van der Waals surface area contributed by atoms with Crippen LogP contribution in [-0.2, 0) is 14.3 Å². The van der Waals surface area contributed by atoms with Crippen molar-refractivity contribution in [2.24, 2.45) is 22.3 Å². The Hall–Kier alpha value is -4.12. The zero-order valence-corrected chi connectivity index (χ0v) is 23.9. The Bertz CT molecular complexity index is 1430. The van der Waals surface area contributed by atoms with E-state index in [1.165, 1.54) is 19.3 Å². The number of nitrogens with two attached hydrogens (primary N) is 1. The van der Waals surface area contributed by atoms with Crippen LogP contribution < -0.4 is 16.5 Å². The smallest absolute Gasteiger partial charge is 0.278 e. The molecule has 3 aromatic rings. The highest BCUT2D eigenvalue weighted by Crippen LogP contribution is 2.45. The summed E-state index contributed by atoms with van der Waals surface area (Å²) in [4.78, 5) is 34.5. The van der Waals surface area contributed by atoms with Crippen LogP contribution in [-0.4, -0.2) is 50.5 Å². The van der Waals surface area contributed by atoms with Crippen LogP contribution in [0, 0.1) is 18.3 Å². The molecule has 216 valence electrons. The number of ether oxygens (including phenoxy) is 1. The molecule has 4 N–H and O–H groups in total. The fraction of sp³-hybridized carbons (Fsp3) is 0.467. The van der Waals surface area contributed by atoms with Crippen molar-refractivity contribution in [1.82, 2.24) is 19.7 Å². The molecule has 1 aliphatic carbocycles. The number of rotatable bonds is 10. The van der Waals surface area contributed by atoms with Crippen molar-refractivity contribution in [2.75, 3.05) is 23.8 Å². The predicted octanol–water partition coefficient (Wildman–Crippen LogP) is 4.46. The summed E-state index contributed by atoms with van der Waals surface area (Å²) >= 11 is 0. The molecule has 0 spiro atoms. The van der Waals surface area contributed by atoms with Gasteiger partial charge in [-0.2, -0.15) is 10.2 Å². The molecule has 1 unspecified atom stereocenters. The number of amides is 2. The maximum Gasteiger partial charge on any atom is 0.278 e. The number of pyridine rings is 2. The van der Waals surface area contributed by atoms with Gasteiger partial charge >= 0.3 is 0 Å². The molecular formula is C30H38N8O3. The lowest BCUT2D eigenvalue weighted by Crippen LogP contribution is -2.30. The first kappa shape index (κ1) is 28.4. The van der Waals surface area contributed by atoms with Crippen LogP contribution in [0.5, 0.6) is 0 Å². The van der Waals surface area contributed by atoms with Gasteiger partial charge in [-0.15, -0.1) is 0 Å². The van der Waals surface area contributed by atoms with E-state index < -0.39 is 5.91 Å². The van der Waals surface area contributed by atoms with Gasteiger partial charge in [0, 0.05) is 24.4 Å². The molecule has 0 radical (unpaired) electrons. The van der Waals surface area contributed by atoms with Crippen LogP contribution in [0.25, 0.3) is 11.3 Å². The average Bonchev–Trinajstić information content (AvgIpc) is 3.52. The highest BCUT2D eigenvalue weighted by atomic mass is 16.5. The third-order valence-electron chi connectivity index (χ3n) is 8.30. The van der Waals surface area contributed by atoms with Crippen molar-refractivity contribution in [2.45, 2.75) is 65.3 Å². The van der Waals surface area contributed by atoms with E-state index in [0.29, 0.717) is 53.7 Å². The molecule has 1 aliphatic heterocycles. The molecule has 1 saturated heterocycles. The summed E-state index contributed by atoms with van der Waals surface area (Å²) in [7, 11) is 0. The summed E-state index contributed by atoms with van der Waals surface area (Å²) in [6.45, 7) is 7.74. The van der Waals surface area contributed by atoms with Gasteiger partial charge in [0.15, 0.2) is 5.71 Å². The highest BCUT2D eigenvalue weighted by molar-refractivity contribution is 6.48. The van der Waals surface area contributed by atoms with Crippen LogP contribution in [0.2, 0.25) is 0 Å². The van der Waals surface area contributed by atoms with E-state index in [9.17, 15) is 9.59 Å². The molecule has 5 rings (SSSR count). The van der Waals surface area contributed by atoms with Gasteiger partial charge in [0.2, 0.25) is 5.91 Å². The largest absolute Gasteiger partial charge is 0.377 e. The minimum Gasteiger partial charge on any atom is -0.377 e. The number of hydrogen-bond acceptors (Lipinski definition) is 8. The van der Waals surface area contributed by atoms with E-state index in [-0.39, 0.29) is 17.7 Å². The molecule has 2 amide bonds. The van der Waals surface area contributed by atoms with Crippen molar-refractivity contribution in [3.63, 3.8) is 0 Å². The Morgan fingerprint density at radius 1 is 1.17 bits per heavy atom. The fourth-order valence-corrected chi connectivity index (χ4v) is 5.57. The number of nitrogens with one attached hydrogen (secondary N) is 2. The molecule has 41 heavy (non-hydrogen) atoms. The Morgan fingerprint density at radius 3 is 2.66 bits per heavy atom. The van der Waals surface area contributed by atoms with Crippen molar-refractivity contribution in [1.29, 1.82) is 0 Å². The van der Waals surface area contributed by atoms with Gasteiger partial charge in [-0.05, 0) is 68.2 Å². The summed E-state index contributed by atoms with van der Waals surface area (Å²) in [5.74, 6) is 5.67. The van der Waals surface area contributed by atoms with E-state index in [1.807, 2.05) is 23.0 Å². The third kappa shape index (κ3) is 6.62. The van der Waals surface area contributed by atoms with E-state index >= 15 is 0 Å². The normalized spacial score (nSPS) is 18.6. The number of carbonyl (C=O) groups is 2. The number of nitrogens with zero attached hydrogens (tertiary/aromatic N) is 5. The van der Waals surface area contributed by atoms with Gasteiger partial charge in [-0.1, -0.05) is 20.3 Å². The summed E-state index contributed by atoms with van der Waals surface area (Å²) in [6.07, 6.45) is 11.3. The lowest BCUT2D eigenvalue weighted by molar-refractivity contribution is -0.116. The maximum absolute atomic E-state index is 13.1. The van der Waals surface area contributed by atoms with Gasteiger partial charge < -0.3 is 21.2 Å². The van der Waals surface area contributed by atoms with Crippen LogP contribution in [0.4, 0.5) is 11.4 Å². The van der Waals surface area contributed by atoms with E-state index in [1.54, 1.807) is 31.5 Å². The van der Waals surface area contributed by atoms with E-state index in [4.69, 9.17) is 10.6 Å². The number of aryl methyl sites for hydroxylation is 1. The molecule has 0 bridgehead atoms. The Balaban J connectivity index is 1.18. The minimum absolute atomic E-state index is 0.0302. The average molecular weight is 559 g/mol. The first-order valence-corrected chi connectivity index (χ1v) is 14.2. The van der Waals surface area contributed by atoms with Gasteiger partial charge in [-0.25, -0.2) is 0 Å². The first-order chi connectivity index (χ1) is 19.7. The van der Waals surface area contributed by atoms with E-state index in [2.05, 4.69) is 44.6 Å². The van der Waals surface area contributed by atoms with Crippen LogP contribution in [0.15, 0.2) is 48.0 Å². The summed E-state index contributed by atoms with van der Waals surface area (Å²) < 4.78 is 7.12. The molecule has 1 saturated carbocycles. The SMILES string of the molecule is Cc1ncc(NC(=O)CCCC2CCCC2(C)C)cc1NC(=O)C(=NN)c1ccc(-c2ccn(C3COC3)n2)cn1. The van der Waals surface area contributed by atoms with Crippen molar-refractivity contribution < 1.29 is 14.3 Å². The van der Waals surface area contributed by atoms with Gasteiger partial charge in [0.25, 0.3) is 5.91 Å². The molecule has 4 heterocycles. The van der Waals surface area contributed by atoms with Crippen LogP contribution in [0.1, 0.15) is 69.8 Å². The zero-order valence-electron chi connectivity index (χ0n) is 23.9. The molecule has 2 fully saturated rings. The zero-order chi connectivity index (χ0) is 29.0. The number of hydrazone groups is 1. The van der Waals surface area contributed by atoms with Gasteiger partial charge in [-0.3, -0.25) is 24.2 Å². The monoisotopic (exact) mass is 558 g/mol. The van der Waals surface area contributed by atoms with Crippen molar-refractivity contribution in [3.05, 3.63) is 54.2 Å². The van der Waals surface area contributed by atoms with Crippen molar-refractivity contribution in [3.8, 4) is 11.3 Å². The molecular weight excluding hydrogens is 520 g/mol. The second kappa shape index (κ2) is 12.2. The predicted molar refractivity (Wildman–Crippen MR) is 157 cm³/mol. The van der Waals surface area contributed by atoms with Crippen LogP contribution in [0.3, 0.4) is 0 Å². The summed E-state index contributed by atoms with van der Waals surface area (Å²) in [6, 6.07) is 7.36. The fourth-order valence-electron chi connectivity index (χ4n) is 5.57. The number of aromatic nitrogens is 4. The molecule has 2 aliphatic rings.